The number of nitro benzene ring substituents is 1. The molecule has 3 aromatic rings. The minimum Gasteiger partial charge on any atom is -0.484 e. The van der Waals surface area contributed by atoms with Crippen molar-refractivity contribution in [1.29, 1.82) is 0 Å². The summed E-state index contributed by atoms with van der Waals surface area (Å²) in [6.45, 7) is 5.58. The molecular formula is C47H57N3O14S2. The highest BCUT2D eigenvalue weighted by Crippen LogP contribution is 2.46. The topological polar surface area (TPSA) is 216 Å². The summed E-state index contributed by atoms with van der Waals surface area (Å²) in [6.07, 6.45) is 8.20. The van der Waals surface area contributed by atoms with Crippen LogP contribution in [0.3, 0.4) is 0 Å². The van der Waals surface area contributed by atoms with Crippen LogP contribution in [-0.2, 0) is 62.0 Å². The third kappa shape index (κ3) is 13.8. The van der Waals surface area contributed by atoms with Crippen LogP contribution in [0.15, 0.2) is 84.1 Å². The molecule has 5 atom stereocenters. The Kier molecular flexibility index (Phi) is 19.4. The first kappa shape index (κ1) is 51.0. The number of nitrogens with one attached hydrogen (secondary N) is 1. The Labute approximate surface area is 390 Å². The van der Waals surface area contributed by atoms with E-state index in [4.69, 9.17) is 28.4 Å². The van der Waals surface area contributed by atoms with Gasteiger partial charge in [0.15, 0.2) is 24.0 Å². The van der Waals surface area contributed by atoms with E-state index in [9.17, 15) is 38.3 Å². The Hall–Kier alpha value is -5.95. The highest BCUT2D eigenvalue weighted by Gasteiger charge is 2.56. The van der Waals surface area contributed by atoms with Gasteiger partial charge in [-0.05, 0) is 79.3 Å². The zero-order chi connectivity index (χ0) is 47.8. The number of hydrogen-bond donors (Lipinski definition) is 1. The van der Waals surface area contributed by atoms with E-state index >= 15 is 0 Å². The summed E-state index contributed by atoms with van der Waals surface area (Å²) in [4.78, 5) is 75.8. The van der Waals surface area contributed by atoms with Gasteiger partial charge in [0.05, 0.1) is 19.1 Å². The second-order valence-electron chi connectivity index (χ2n) is 15.8. The number of unbranched alkanes of at least 4 members (excludes halogenated alkanes) is 5. The molecule has 3 aliphatic heterocycles. The predicted octanol–water partition coefficient (Wildman–Crippen LogP) is 6.57. The lowest BCUT2D eigenvalue weighted by Gasteiger charge is -2.51. The number of methoxy groups -OCH3 is 2. The normalized spacial score (nSPS) is 17.9. The fraction of sp³-hybridized carbons (Fsp3) is 0.468. The lowest BCUT2D eigenvalue weighted by atomic mass is 9.95. The van der Waals surface area contributed by atoms with Crippen molar-refractivity contribution in [2.45, 2.75) is 101 Å². The van der Waals surface area contributed by atoms with Crippen molar-refractivity contribution in [2.75, 3.05) is 33.4 Å². The van der Waals surface area contributed by atoms with E-state index in [-0.39, 0.29) is 36.3 Å². The minimum absolute atomic E-state index is 0.0924. The van der Waals surface area contributed by atoms with Crippen molar-refractivity contribution in [2.24, 2.45) is 5.92 Å². The van der Waals surface area contributed by atoms with Gasteiger partial charge in [0.25, 0.3) is 17.5 Å². The smallest absolute Gasteiger partial charge is 0.355 e. The molecule has 3 heterocycles. The van der Waals surface area contributed by atoms with E-state index in [1.807, 2.05) is 18.2 Å². The molecular weight excluding hydrogens is 895 g/mol. The number of β-lactam (4-membered cyclic amide) rings is 1. The Morgan fingerprint density at radius 2 is 1.58 bits per heavy atom. The second-order valence-corrected chi connectivity index (χ2v) is 19.1. The Bertz CT molecular complexity index is 2220. The standard InChI is InChI=1S/C29H29N3O11S.C18H28O3S/c1-16-21(13-20(27(35)40-2)28(36)41-3)44-26-23(30-22(33)15-42-19-7-5-4-6-8-19)25(34)31(26)24(16)29(37)43-14-17-9-11-18(12-10-17)32(38)39;1-3-4-5-6-7-8-11-22(19)15(2)12-16-9-10-17-18(13-16)21-14-20-17/h4-12,20-21,23,26H,13-15H2,1-3H3,(H,30,33);9-10,13,15H,3-8,11-12,14H2,1-2H3/t21?,23?,26-;/m1./s1. The van der Waals surface area contributed by atoms with Gasteiger partial charge in [-0.1, -0.05) is 70.2 Å². The van der Waals surface area contributed by atoms with Crippen molar-refractivity contribution >= 4 is 58.0 Å². The van der Waals surface area contributed by atoms with Gasteiger partial charge in [0.1, 0.15) is 29.5 Å². The maximum absolute atomic E-state index is 13.4. The number of ether oxygens (including phenoxy) is 6. The molecule has 19 heteroatoms. The van der Waals surface area contributed by atoms with Gasteiger partial charge in [-0.15, -0.1) is 11.8 Å². The van der Waals surface area contributed by atoms with Gasteiger partial charge in [-0.3, -0.25) is 38.4 Å². The average molecular weight is 952 g/mol. The van der Waals surface area contributed by atoms with E-state index in [0.29, 0.717) is 23.7 Å². The molecule has 4 unspecified atom stereocenters. The number of fused-ring (bicyclic) bond motifs is 2. The number of nitro groups is 1. The number of non-ortho nitro benzene ring substituents is 1. The number of nitrogens with zero attached hydrogens (tertiary/aromatic N) is 2. The molecule has 1 fully saturated rings. The van der Waals surface area contributed by atoms with Crippen LogP contribution in [0.1, 0.15) is 76.8 Å². The molecule has 6 rings (SSSR count). The Balaban J connectivity index is 0.000000310. The van der Waals surface area contributed by atoms with Crippen molar-refractivity contribution in [1.82, 2.24) is 10.2 Å². The molecule has 1 saturated heterocycles. The van der Waals surface area contributed by atoms with Gasteiger partial charge in [-0.2, -0.15) is 0 Å². The van der Waals surface area contributed by atoms with Crippen molar-refractivity contribution in [3.05, 3.63) is 105 Å². The lowest BCUT2D eigenvalue weighted by molar-refractivity contribution is -0.384. The van der Waals surface area contributed by atoms with Crippen LogP contribution in [0.25, 0.3) is 0 Å². The molecule has 3 aromatic carbocycles. The Morgan fingerprint density at radius 3 is 2.24 bits per heavy atom. The predicted molar refractivity (Wildman–Crippen MR) is 246 cm³/mol. The lowest BCUT2D eigenvalue weighted by Crippen LogP contribution is -2.71. The number of amides is 2. The summed E-state index contributed by atoms with van der Waals surface area (Å²) in [5.74, 6) is -2.06. The second kappa shape index (κ2) is 25.1. The molecule has 2 amide bonds. The zero-order valence-corrected chi connectivity index (χ0v) is 39.4. The number of carbonyl (C=O) groups excluding carboxylic acids is 5. The van der Waals surface area contributed by atoms with Crippen molar-refractivity contribution in [3.63, 3.8) is 0 Å². The van der Waals surface area contributed by atoms with E-state index < -0.39 is 68.0 Å². The molecule has 356 valence electrons. The quantitative estimate of drug-likeness (QED) is 0.0214. The van der Waals surface area contributed by atoms with Crippen molar-refractivity contribution in [3.8, 4) is 17.2 Å². The molecule has 0 aromatic heterocycles. The number of para-hydroxylation sites is 1. The first-order valence-electron chi connectivity index (χ1n) is 21.7. The van der Waals surface area contributed by atoms with E-state index in [1.54, 1.807) is 37.3 Å². The van der Waals surface area contributed by atoms with Gasteiger partial charge >= 0.3 is 17.9 Å². The fourth-order valence-electron chi connectivity index (χ4n) is 7.40. The number of rotatable bonds is 22. The van der Waals surface area contributed by atoms with Gasteiger partial charge in [0.2, 0.25) is 6.79 Å². The molecule has 3 aliphatic rings. The monoisotopic (exact) mass is 951 g/mol. The highest BCUT2D eigenvalue weighted by molar-refractivity contribution is 8.00. The molecule has 17 nitrogen and oxygen atoms in total. The first-order chi connectivity index (χ1) is 31.8. The van der Waals surface area contributed by atoms with Crippen LogP contribution >= 0.6 is 11.8 Å². The number of carbonyl (C=O) groups is 5. The van der Waals surface area contributed by atoms with E-state index in [2.05, 4.69) is 19.2 Å². The maximum atomic E-state index is 13.4. The molecule has 66 heavy (non-hydrogen) atoms. The van der Waals surface area contributed by atoms with Crippen LogP contribution in [0.4, 0.5) is 5.69 Å². The molecule has 0 radical (unpaired) electrons. The van der Waals surface area contributed by atoms with Crippen LogP contribution < -0.4 is 19.5 Å². The largest absolute Gasteiger partial charge is 0.484 e. The van der Waals surface area contributed by atoms with Crippen LogP contribution in [0.5, 0.6) is 17.2 Å². The zero-order valence-electron chi connectivity index (χ0n) is 37.7. The maximum Gasteiger partial charge on any atom is 0.355 e. The number of thioether (sulfide) groups is 1. The summed E-state index contributed by atoms with van der Waals surface area (Å²) in [6, 6.07) is 19.0. The molecule has 0 bridgehead atoms. The third-order valence-corrected chi connectivity index (χ3v) is 14.5. The third-order valence-electron chi connectivity index (χ3n) is 11.1. The minimum atomic E-state index is -1.32. The van der Waals surface area contributed by atoms with Crippen LogP contribution in [0, 0.1) is 16.0 Å². The van der Waals surface area contributed by atoms with Gasteiger partial charge in [-0.25, -0.2) is 4.79 Å². The number of hydrogen-bond acceptors (Lipinski definition) is 15. The van der Waals surface area contributed by atoms with E-state index in [1.165, 1.54) is 78.6 Å². The highest BCUT2D eigenvalue weighted by atomic mass is 32.2. The van der Waals surface area contributed by atoms with Crippen molar-refractivity contribution < 1.29 is 61.5 Å². The molecule has 0 aliphatic carbocycles. The average Bonchev–Trinajstić information content (AvgIpc) is 3.80. The van der Waals surface area contributed by atoms with Crippen LogP contribution in [0.2, 0.25) is 0 Å². The summed E-state index contributed by atoms with van der Waals surface area (Å²) in [7, 11) is 1.52. The van der Waals surface area contributed by atoms with Crippen LogP contribution in [-0.4, -0.2) is 99.0 Å². The first-order valence-corrected chi connectivity index (χ1v) is 24.1. The molecule has 0 spiro atoms. The SMILES string of the molecule is CCCCCCCCS(=O)C(C)Cc1ccc2c(c1)OCO2.COC(=O)C(CC1S[C@@H]2C(NC(=O)COc3ccccc3)C(=O)N2C(C(=O)OCc2ccc([N+](=O)[O-])cc2)=C1C)C(=O)OC. The summed E-state index contributed by atoms with van der Waals surface area (Å²) in [5.41, 5.74) is 1.78. The summed E-state index contributed by atoms with van der Waals surface area (Å²) >= 11 is 1.19. The van der Waals surface area contributed by atoms with Gasteiger partial charge < -0.3 is 33.7 Å². The Morgan fingerprint density at radius 1 is 0.924 bits per heavy atom. The van der Waals surface area contributed by atoms with E-state index in [0.717, 1.165) is 44.3 Å². The number of benzene rings is 3. The number of esters is 3. The summed E-state index contributed by atoms with van der Waals surface area (Å²) in [5, 5.41) is 12.3. The van der Waals surface area contributed by atoms with Gasteiger partial charge in [0, 0.05) is 39.2 Å². The molecule has 1 N–H and O–H groups in total. The summed E-state index contributed by atoms with van der Waals surface area (Å²) < 4.78 is 43.5. The fourth-order valence-corrected chi connectivity index (χ4v) is 10.3. The molecule has 0 saturated carbocycles.